The van der Waals surface area contributed by atoms with Crippen molar-refractivity contribution in [1.29, 1.82) is 0 Å². The van der Waals surface area contributed by atoms with E-state index in [0.717, 1.165) is 22.7 Å². The smallest absolute Gasteiger partial charge is 0.146 e. The molecule has 1 aliphatic heterocycles. The van der Waals surface area contributed by atoms with E-state index >= 15 is 0 Å². The van der Waals surface area contributed by atoms with E-state index in [1.54, 1.807) is 0 Å². The van der Waals surface area contributed by atoms with Crippen LogP contribution in [0.1, 0.15) is 17.3 Å². The monoisotopic (exact) mass is 655 g/mol. The van der Waals surface area contributed by atoms with E-state index in [1.165, 1.54) is 74.3 Å². The highest BCUT2D eigenvalue weighted by molar-refractivity contribution is 7.26. The lowest BCUT2D eigenvalue weighted by Gasteiger charge is -2.27. The molecule has 8 aromatic carbocycles. The van der Waals surface area contributed by atoms with E-state index in [0.29, 0.717) is 0 Å². The number of nitrogens with one attached hydrogen (secondary N) is 1. The molecule has 3 heterocycles. The van der Waals surface area contributed by atoms with E-state index in [4.69, 9.17) is 4.99 Å². The SMILES string of the molecule is C1=C(n2c3ccccc3c3c4ccccc4c4c(ccc5sc6ccccc6c54)c32)NC(c2ccccc2)N=C1c1cccc2ccccc12. The number of nitrogens with zero attached hydrogens (tertiary/aromatic N) is 2. The summed E-state index contributed by atoms with van der Waals surface area (Å²) in [6.45, 7) is 0. The largest absolute Gasteiger partial charge is 0.346 e. The van der Waals surface area contributed by atoms with Gasteiger partial charge in [-0.1, -0.05) is 140 Å². The van der Waals surface area contributed by atoms with Crippen LogP contribution in [-0.4, -0.2) is 10.3 Å². The van der Waals surface area contributed by atoms with Gasteiger partial charge in [-0.2, -0.15) is 0 Å². The molecule has 1 N–H and O–H groups in total. The predicted octanol–water partition coefficient (Wildman–Crippen LogP) is 12.2. The number of allylic oxidation sites excluding steroid dienone is 1. The van der Waals surface area contributed by atoms with Crippen LogP contribution in [0.25, 0.3) is 80.1 Å². The van der Waals surface area contributed by atoms with Gasteiger partial charge in [0.15, 0.2) is 0 Å². The first-order valence-corrected chi connectivity index (χ1v) is 17.9. The Balaban J connectivity index is 1.30. The van der Waals surface area contributed by atoms with Crippen LogP contribution in [0.2, 0.25) is 0 Å². The predicted molar refractivity (Wildman–Crippen MR) is 214 cm³/mol. The minimum Gasteiger partial charge on any atom is -0.346 e. The van der Waals surface area contributed by atoms with Gasteiger partial charge in [0.2, 0.25) is 0 Å². The highest BCUT2D eigenvalue weighted by atomic mass is 32.1. The summed E-state index contributed by atoms with van der Waals surface area (Å²) < 4.78 is 5.10. The molecular weight excluding hydrogens is 627 g/mol. The molecule has 0 fully saturated rings. The third-order valence-electron chi connectivity index (χ3n) is 10.4. The van der Waals surface area contributed by atoms with Crippen LogP contribution in [0.15, 0.2) is 169 Å². The van der Waals surface area contributed by atoms with Gasteiger partial charge in [-0.3, -0.25) is 9.56 Å². The van der Waals surface area contributed by atoms with Gasteiger partial charge in [0, 0.05) is 53.4 Å². The number of aliphatic imine (C=N–C) groups is 1. The summed E-state index contributed by atoms with van der Waals surface area (Å²) in [5, 5.41) is 16.6. The fourth-order valence-corrected chi connectivity index (χ4v) is 9.38. The standard InChI is InChI=1S/C46H29N3S/c1-2-14-29(15-3-1)46-47-37(31-22-12-16-28-13-4-5-17-30(28)31)27-41(48-46)49-38-23-10-8-20-34(38)43-33-19-7-6-18-32(33)42-36(45(43)49)25-26-40-44(42)35-21-9-11-24-39(35)50-40/h1-27,46,48H. The summed E-state index contributed by atoms with van der Waals surface area (Å²) in [6, 6.07) is 57.1. The van der Waals surface area contributed by atoms with Gasteiger partial charge in [-0.15, -0.1) is 11.3 Å². The van der Waals surface area contributed by atoms with E-state index in [-0.39, 0.29) is 6.17 Å². The third-order valence-corrected chi connectivity index (χ3v) is 11.5. The normalized spacial score (nSPS) is 15.0. The van der Waals surface area contributed by atoms with Crippen molar-refractivity contribution in [2.24, 2.45) is 4.99 Å². The Hall–Kier alpha value is -6.23. The summed E-state index contributed by atoms with van der Waals surface area (Å²) in [4.78, 5) is 5.39. The average molecular weight is 656 g/mol. The number of para-hydroxylation sites is 1. The molecule has 0 aliphatic carbocycles. The molecule has 0 radical (unpaired) electrons. The summed E-state index contributed by atoms with van der Waals surface area (Å²) in [7, 11) is 0. The maximum Gasteiger partial charge on any atom is 0.146 e. The van der Waals surface area contributed by atoms with Crippen LogP contribution in [0.4, 0.5) is 0 Å². The molecule has 0 saturated heterocycles. The van der Waals surface area contributed by atoms with Crippen molar-refractivity contribution in [3.8, 4) is 0 Å². The van der Waals surface area contributed by atoms with E-state index in [9.17, 15) is 0 Å². The second-order valence-corrected chi connectivity index (χ2v) is 14.2. The maximum atomic E-state index is 5.39. The van der Waals surface area contributed by atoms with Crippen molar-refractivity contribution in [3.05, 3.63) is 175 Å². The average Bonchev–Trinajstić information content (AvgIpc) is 3.74. The Bertz CT molecular complexity index is 3070. The van der Waals surface area contributed by atoms with E-state index in [1.807, 2.05) is 11.3 Å². The molecule has 1 aliphatic rings. The molecule has 10 aromatic rings. The number of hydrogen-bond donors (Lipinski definition) is 1. The topological polar surface area (TPSA) is 29.3 Å². The van der Waals surface area contributed by atoms with Gasteiger partial charge in [-0.25, -0.2) is 0 Å². The zero-order chi connectivity index (χ0) is 32.8. The molecule has 3 nitrogen and oxygen atoms in total. The molecule has 1 atom stereocenters. The van der Waals surface area contributed by atoms with Crippen molar-refractivity contribution in [3.63, 3.8) is 0 Å². The lowest BCUT2D eigenvalue weighted by Crippen LogP contribution is -2.27. The van der Waals surface area contributed by atoms with Crippen molar-refractivity contribution < 1.29 is 0 Å². The Labute approximate surface area is 292 Å². The van der Waals surface area contributed by atoms with Crippen LogP contribution in [-0.2, 0) is 0 Å². The fourth-order valence-electron chi connectivity index (χ4n) is 8.27. The van der Waals surface area contributed by atoms with Gasteiger partial charge in [-0.05, 0) is 45.3 Å². The lowest BCUT2D eigenvalue weighted by atomic mass is 9.94. The van der Waals surface area contributed by atoms with Crippen LogP contribution in [0.3, 0.4) is 0 Å². The van der Waals surface area contributed by atoms with Crippen molar-refractivity contribution >= 4 is 97.2 Å². The number of benzene rings is 8. The summed E-state index contributed by atoms with van der Waals surface area (Å²) in [5.74, 6) is 1.01. The van der Waals surface area contributed by atoms with Crippen LogP contribution >= 0.6 is 11.3 Å². The molecule has 234 valence electrons. The first kappa shape index (κ1) is 27.7. The second kappa shape index (κ2) is 10.6. The minimum atomic E-state index is -0.263. The molecule has 0 saturated carbocycles. The number of hydrogen-bond acceptors (Lipinski definition) is 3. The molecule has 4 heteroatoms. The van der Waals surface area contributed by atoms with Crippen LogP contribution < -0.4 is 5.32 Å². The second-order valence-electron chi connectivity index (χ2n) is 13.1. The maximum absolute atomic E-state index is 5.39. The van der Waals surface area contributed by atoms with Gasteiger partial charge < -0.3 is 5.32 Å². The highest BCUT2D eigenvalue weighted by Gasteiger charge is 2.26. The number of rotatable bonds is 3. The van der Waals surface area contributed by atoms with Crippen molar-refractivity contribution in [1.82, 2.24) is 9.88 Å². The first-order valence-electron chi connectivity index (χ1n) is 17.1. The summed E-state index contributed by atoms with van der Waals surface area (Å²) in [6.07, 6.45) is 1.99. The first-order chi connectivity index (χ1) is 24.8. The molecule has 0 spiro atoms. The Morgan fingerprint density at radius 2 is 1.18 bits per heavy atom. The zero-order valence-corrected chi connectivity index (χ0v) is 27.8. The third kappa shape index (κ3) is 3.94. The molecule has 50 heavy (non-hydrogen) atoms. The van der Waals surface area contributed by atoms with E-state index in [2.05, 4.69) is 174 Å². The number of fused-ring (bicyclic) bond motifs is 13. The quantitative estimate of drug-likeness (QED) is 0.189. The van der Waals surface area contributed by atoms with E-state index < -0.39 is 0 Å². The molecule has 0 bridgehead atoms. The number of thiophene rings is 1. The summed E-state index contributed by atoms with van der Waals surface area (Å²) in [5.41, 5.74) is 5.59. The molecule has 0 amide bonds. The van der Waals surface area contributed by atoms with Gasteiger partial charge in [0.05, 0.1) is 16.7 Å². The Morgan fingerprint density at radius 1 is 0.500 bits per heavy atom. The molecular formula is C46H29N3S. The zero-order valence-electron chi connectivity index (χ0n) is 27.0. The summed E-state index contributed by atoms with van der Waals surface area (Å²) >= 11 is 1.88. The van der Waals surface area contributed by atoms with Crippen LogP contribution in [0.5, 0.6) is 0 Å². The van der Waals surface area contributed by atoms with Gasteiger partial charge in [0.1, 0.15) is 12.0 Å². The molecule has 2 aromatic heterocycles. The van der Waals surface area contributed by atoms with Crippen molar-refractivity contribution in [2.45, 2.75) is 6.17 Å². The van der Waals surface area contributed by atoms with Gasteiger partial charge >= 0.3 is 0 Å². The molecule has 11 rings (SSSR count). The lowest BCUT2D eigenvalue weighted by molar-refractivity contribution is 0.646. The highest BCUT2D eigenvalue weighted by Crippen LogP contribution is 2.47. The Morgan fingerprint density at radius 3 is 2.04 bits per heavy atom. The molecule has 1 unspecified atom stereocenters. The Kier molecular flexibility index (Phi) is 5.89. The van der Waals surface area contributed by atoms with Gasteiger partial charge in [0.25, 0.3) is 0 Å². The fraction of sp³-hybridized carbons (Fsp3) is 0.0217. The van der Waals surface area contributed by atoms with Crippen LogP contribution in [0, 0.1) is 0 Å². The number of aromatic nitrogens is 1. The van der Waals surface area contributed by atoms with Crippen molar-refractivity contribution in [2.75, 3.05) is 0 Å². The minimum absolute atomic E-state index is 0.263.